The lowest BCUT2D eigenvalue weighted by Crippen LogP contribution is -2.45. The number of likely N-dealkylation sites (tertiary alicyclic amines) is 1. The van der Waals surface area contributed by atoms with Crippen LogP contribution in [-0.4, -0.2) is 55.3 Å². The average Bonchev–Trinajstić information content (AvgIpc) is 3.32. The molecule has 0 spiro atoms. The van der Waals surface area contributed by atoms with Gasteiger partial charge in [0, 0.05) is 36.4 Å². The number of amides is 2. The Morgan fingerprint density at radius 3 is 2.52 bits per heavy atom. The van der Waals surface area contributed by atoms with Crippen molar-refractivity contribution < 1.29 is 19.4 Å². The van der Waals surface area contributed by atoms with E-state index in [-0.39, 0.29) is 24.3 Å². The van der Waals surface area contributed by atoms with Crippen LogP contribution in [-0.2, 0) is 17.9 Å². The largest absolute Gasteiger partial charge is 0.487 e. The maximum absolute atomic E-state index is 13.0. The zero-order chi connectivity index (χ0) is 28.3. The summed E-state index contributed by atoms with van der Waals surface area (Å²) in [5.74, 6) is 0.302. The summed E-state index contributed by atoms with van der Waals surface area (Å²) in [5.41, 5.74) is 2.46. The van der Waals surface area contributed by atoms with Crippen LogP contribution in [0.25, 0.3) is 10.9 Å². The summed E-state index contributed by atoms with van der Waals surface area (Å²) >= 11 is 0. The normalized spacial score (nSPS) is 14.3. The van der Waals surface area contributed by atoms with Gasteiger partial charge in [-0.25, -0.2) is 4.98 Å². The quantitative estimate of drug-likeness (QED) is 0.338. The highest BCUT2D eigenvalue weighted by atomic mass is 16.5. The van der Waals surface area contributed by atoms with Crippen LogP contribution < -0.4 is 10.1 Å². The molecule has 0 radical (unpaired) electrons. The van der Waals surface area contributed by atoms with E-state index in [0.29, 0.717) is 42.3 Å². The first-order valence-electron chi connectivity index (χ1n) is 13.6. The summed E-state index contributed by atoms with van der Waals surface area (Å²) in [6.45, 7) is 7.16. The molecule has 2 aromatic heterocycles. The van der Waals surface area contributed by atoms with Crippen molar-refractivity contribution in [2.24, 2.45) is 5.92 Å². The van der Waals surface area contributed by atoms with Crippen molar-refractivity contribution >= 4 is 28.4 Å². The Morgan fingerprint density at radius 2 is 1.82 bits per heavy atom. The fourth-order valence-electron chi connectivity index (χ4n) is 5.07. The van der Waals surface area contributed by atoms with Gasteiger partial charge < -0.3 is 20.1 Å². The molecule has 1 aliphatic rings. The third-order valence-electron chi connectivity index (χ3n) is 7.40. The maximum Gasteiger partial charge on any atom is 0.274 e. The Balaban J connectivity index is 1.36. The highest BCUT2D eigenvalue weighted by molar-refractivity contribution is 6.05. The number of aliphatic hydroxyl groups is 1. The molecule has 0 saturated carbocycles. The van der Waals surface area contributed by atoms with Crippen molar-refractivity contribution in [2.45, 2.75) is 52.4 Å². The first-order chi connectivity index (χ1) is 19.2. The molecule has 1 fully saturated rings. The van der Waals surface area contributed by atoms with E-state index in [4.69, 9.17) is 4.74 Å². The lowest BCUT2D eigenvalue weighted by Gasteiger charge is -2.37. The van der Waals surface area contributed by atoms with Gasteiger partial charge in [-0.2, -0.15) is 5.10 Å². The summed E-state index contributed by atoms with van der Waals surface area (Å²) in [6.07, 6.45) is 3.35. The molecule has 1 aliphatic heterocycles. The summed E-state index contributed by atoms with van der Waals surface area (Å²) in [4.78, 5) is 32.2. The van der Waals surface area contributed by atoms with E-state index in [1.54, 1.807) is 29.1 Å². The number of piperidine rings is 1. The fraction of sp³-hybridized carbons (Fsp3) is 0.355. The van der Waals surface area contributed by atoms with Gasteiger partial charge in [-0.1, -0.05) is 36.4 Å². The molecule has 40 heavy (non-hydrogen) atoms. The topological polar surface area (TPSA) is 110 Å². The molecule has 2 N–H and O–H groups in total. The first-order valence-corrected chi connectivity index (χ1v) is 13.6. The predicted molar refractivity (Wildman–Crippen MR) is 153 cm³/mol. The summed E-state index contributed by atoms with van der Waals surface area (Å²) in [7, 11) is 0. The van der Waals surface area contributed by atoms with E-state index < -0.39 is 5.60 Å². The van der Waals surface area contributed by atoms with Crippen LogP contribution >= 0.6 is 0 Å². The second-order valence-corrected chi connectivity index (χ2v) is 10.9. The smallest absolute Gasteiger partial charge is 0.274 e. The number of aromatic nitrogens is 3. The van der Waals surface area contributed by atoms with Gasteiger partial charge >= 0.3 is 0 Å². The number of pyridine rings is 1. The number of nitrogens with one attached hydrogen (secondary N) is 1. The van der Waals surface area contributed by atoms with E-state index >= 15 is 0 Å². The van der Waals surface area contributed by atoms with Crippen LogP contribution in [0, 0.1) is 12.8 Å². The van der Waals surface area contributed by atoms with E-state index in [0.717, 1.165) is 29.5 Å². The molecule has 4 aromatic rings. The van der Waals surface area contributed by atoms with E-state index in [1.807, 2.05) is 68.1 Å². The second kappa shape index (κ2) is 11.5. The van der Waals surface area contributed by atoms with Gasteiger partial charge in [0.1, 0.15) is 24.6 Å². The SMILES string of the molecule is Cc1cccc(C(=O)Nc2cc3cn(CC(=O)N4CCC(C(C)(C)O)CC4)nc3cc2OCc2ccccc2)n1. The highest BCUT2D eigenvalue weighted by Crippen LogP contribution is 2.32. The number of carbonyl (C=O) groups is 2. The Bertz CT molecular complexity index is 1500. The zero-order valence-electron chi connectivity index (χ0n) is 23.1. The van der Waals surface area contributed by atoms with E-state index in [1.165, 1.54) is 0 Å². The van der Waals surface area contributed by atoms with Crippen molar-refractivity contribution in [3.8, 4) is 5.75 Å². The van der Waals surface area contributed by atoms with Gasteiger partial charge in [0.2, 0.25) is 5.91 Å². The minimum atomic E-state index is -0.738. The lowest BCUT2D eigenvalue weighted by molar-refractivity contribution is -0.134. The van der Waals surface area contributed by atoms with Gasteiger partial charge in [0.05, 0.1) is 16.8 Å². The Morgan fingerprint density at radius 1 is 1.07 bits per heavy atom. The second-order valence-electron chi connectivity index (χ2n) is 10.9. The lowest BCUT2D eigenvalue weighted by atomic mass is 9.83. The molecule has 208 valence electrons. The van der Waals surface area contributed by atoms with Crippen molar-refractivity contribution in [1.29, 1.82) is 0 Å². The van der Waals surface area contributed by atoms with Crippen LogP contribution in [0.15, 0.2) is 66.9 Å². The number of benzene rings is 2. The predicted octanol–water partition coefficient (Wildman–Crippen LogP) is 4.58. The van der Waals surface area contributed by atoms with Crippen LogP contribution in [0.2, 0.25) is 0 Å². The number of anilines is 1. The van der Waals surface area contributed by atoms with Crippen molar-refractivity contribution in [3.63, 3.8) is 0 Å². The van der Waals surface area contributed by atoms with Crippen LogP contribution in [0.4, 0.5) is 5.69 Å². The fourth-order valence-corrected chi connectivity index (χ4v) is 5.07. The zero-order valence-corrected chi connectivity index (χ0v) is 23.1. The van der Waals surface area contributed by atoms with E-state index in [9.17, 15) is 14.7 Å². The van der Waals surface area contributed by atoms with Crippen molar-refractivity contribution in [1.82, 2.24) is 19.7 Å². The number of fused-ring (bicyclic) bond motifs is 1. The third-order valence-corrected chi connectivity index (χ3v) is 7.40. The van der Waals surface area contributed by atoms with Crippen molar-refractivity contribution in [2.75, 3.05) is 18.4 Å². The monoisotopic (exact) mass is 541 g/mol. The summed E-state index contributed by atoms with van der Waals surface area (Å²) in [6, 6.07) is 18.7. The van der Waals surface area contributed by atoms with Gasteiger partial charge in [-0.15, -0.1) is 0 Å². The van der Waals surface area contributed by atoms with Gasteiger partial charge in [0.15, 0.2) is 0 Å². The molecule has 9 heteroatoms. The van der Waals surface area contributed by atoms with Crippen LogP contribution in [0.1, 0.15) is 48.4 Å². The van der Waals surface area contributed by atoms with Crippen LogP contribution in [0.5, 0.6) is 5.75 Å². The molecule has 0 aliphatic carbocycles. The molecule has 5 rings (SSSR count). The molecule has 2 amide bonds. The number of carbonyl (C=O) groups excluding carboxylic acids is 2. The van der Waals surface area contributed by atoms with Crippen LogP contribution in [0.3, 0.4) is 0 Å². The summed E-state index contributed by atoms with van der Waals surface area (Å²) in [5, 5.41) is 18.6. The number of nitrogens with zero attached hydrogens (tertiary/aromatic N) is 4. The first kappa shape index (κ1) is 27.3. The Kier molecular flexibility index (Phi) is 7.84. The van der Waals surface area contributed by atoms with Gasteiger partial charge in [-0.05, 0) is 63.3 Å². The average molecular weight is 542 g/mol. The molecular formula is C31H35N5O4. The Labute approximate surface area is 233 Å². The standard InChI is InChI=1S/C31H35N5O4/c1-21-8-7-11-25(32-21)30(38)33-27-16-23-18-36(19-29(37)35-14-12-24(13-15-35)31(2,3)39)34-26(23)17-28(27)40-20-22-9-5-4-6-10-22/h4-11,16-18,24,39H,12-15,19-20H2,1-3H3,(H,33,38). The minimum absolute atomic E-state index is 0.0124. The molecule has 3 heterocycles. The minimum Gasteiger partial charge on any atom is -0.487 e. The number of rotatable bonds is 8. The summed E-state index contributed by atoms with van der Waals surface area (Å²) < 4.78 is 7.76. The number of aryl methyl sites for hydroxylation is 1. The number of hydrogen-bond acceptors (Lipinski definition) is 6. The maximum atomic E-state index is 13.0. The molecule has 2 aromatic carbocycles. The molecule has 1 saturated heterocycles. The van der Waals surface area contributed by atoms with E-state index in [2.05, 4.69) is 15.4 Å². The molecule has 0 unspecified atom stereocenters. The highest BCUT2D eigenvalue weighted by Gasteiger charge is 2.32. The third kappa shape index (κ3) is 6.48. The Hall–Kier alpha value is -4.24. The van der Waals surface area contributed by atoms with Gasteiger partial charge in [-0.3, -0.25) is 14.3 Å². The molecule has 0 bridgehead atoms. The number of ether oxygens (including phenoxy) is 1. The molecular weight excluding hydrogens is 506 g/mol. The van der Waals surface area contributed by atoms with Crippen molar-refractivity contribution in [3.05, 3.63) is 83.8 Å². The number of hydrogen-bond donors (Lipinski definition) is 2. The molecule has 9 nitrogen and oxygen atoms in total. The van der Waals surface area contributed by atoms with Gasteiger partial charge in [0.25, 0.3) is 5.91 Å². The molecule has 0 atom stereocenters.